The average molecular weight is 374 g/mol. The fourth-order valence-electron chi connectivity index (χ4n) is 3.34. The maximum Gasteiger partial charge on any atom is 0.436 e. The third-order valence-electron chi connectivity index (χ3n) is 4.54. The molecule has 1 aliphatic rings. The normalized spacial score (nSPS) is 13.3. The number of H-pyrrole nitrogens is 1. The molecule has 1 N–H and O–H groups in total. The van der Waals surface area contributed by atoms with Crippen LogP contribution in [0.2, 0.25) is 0 Å². The summed E-state index contributed by atoms with van der Waals surface area (Å²) in [6.45, 7) is -0.0975. The van der Waals surface area contributed by atoms with Gasteiger partial charge in [0.25, 0.3) is 5.56 Å². The number of hydrogen-bond donors (Lipinski definition) is 1. The molecule has 0 aliphatic heterocycles. The molecule has 0 bridgehead atoms. The van der Waals surface area contributed by atoms with Crippen molar-refractivity contribution in [2.45, 2.75) is 12.1 Å². The number of fused-ring (bicyclic) bond motifs is 3. The number of aromatic amines is 1. The molecule has 5 nitrogen and oxygen atoms in total. The standard InChI is InChI=1S/C19H13F3N2O3/c20-19(21,22)16-9-17(25)24(23-16)18(26)27-10-15-13-7-3-1-5-11(13)12-6-2-4-8-14(12)15/h1-9,15,23H,10H2. The van der Waals surface area contributed by atoms with Crippen molar-refractivity contribution in [1.29, 1.82) is 0 Å². The summed E-state index contributed by atoms with van der Waals surface area (Å²) in [5, 5.41) is 1.74. The number of halogens is 3. The number of nitrogens with one attached hydrogen (secondary N) is 1. The Bertz CT molecular complexity index is 1040. The molecule has 0 radical (unpaired) electrons. The average Bonchev–Trinajstić information content (AvgIpc) is 3.18. The van der Waals surface area contributed by atoms with Crippen molar-refractivity contribution in [1.82, 2.24) is 9.78 Å². The molecule has 0 spiro atoms. The minimum Gasteiger partial charge on any atom is -0.447 e. The van der Waals surface area contributed by atoms with E-state index < -0.39 is 23.5 Å². The summed E-state index contributed by atoms with van der Waals surface area (Å²) in [5.41, 5.74) is 1.53. The Kier molecular flexibility index (Phi) is 3.91. The molecule has 1 aromatic heterocycles. The minimum absolute atomic E-state index is 0.0975. The lowest BCUT2D eigenvalue weighted by molar-refractivity contribution is -0.141. The second-order valence-electron chi connectivity index (χ2n) is 6.15. The zero-order valence-electron chi connectivity index (χ0n) is 13.8. The van der Waals surface area contributed by atoms with E-state index in [-0.39, 0.29) is 17.2 Å². The van der Waals surface area contributed by atoms with Gasteiger partial charge < -0.3 is 4.74 Å². The van der Waals surface area contributed by atoms with E-state index in [2.05, 4.69) is 0 Å². The number of aromatic nitrogens is 2. The molecule has 0 atom stereocenters. The SMILES string of the molecule is O=C(OCC1c2ccccc2-c2ccccc21)n1[nH]c(C(F)(F)F)cc1=O. The third-order valence-corrected chi connectivity index (χ3v) is 4.54. The van der Waals surface area contributed by atoms with Crippen LogP contribution in [0.1, 0.15) is 22.7 Å². The molecule has 0 amide bonds. The number of ether oxygens (including phenoxy) is 1. The fourth-order valence-corrected chi connectivity index (χ4v) is 3.34. The molecule has 8 heteroatoms. The van der Waals surface area contributed by atoms with E-state index in [1.807, 2.05) is 48.5 Å². The van der Waals surface area contributed by atoms with Crippen molar-refractivity contribution in [3.63, 3.8) is 0 Å². The Hall–Kier alpha value is -3.29. The van der Waals surface area contributed by atoms with E-state index in [1.54, 1.807) is 5.10 Å². The Morgan fingerprint density at radius 2 is 1.59 bits per heavy atom. The highest BCUT2D eigenvalue weighted by Gasteiger charge is 2.35. The lowest BCUT2D eigenvalue weighted by Gasteiger charge is -2.14. The van der Waals surface area contributed by atoms with Crippen LogP contribution >= 0.6 is 0 Å². The number of nitrogens with zero attached hydrogens (tertiary/aromatic N) is 1. The summed E-state index contributed by atoms with van der Waals surface area (Å²) >= 11 is 0. The van der Waals surface area contributed by atoms with Crippen LogP contribution in [0.25, 0.3) is 11.1 Å². The topological polar surface area (TPSA) is 64.1 Å². The molecule has 0 fully saturated rings. The van der Waals surface area contributed by atoms with Crippen molar-refractivity contribution in [3.05, 3.63) is 81.8 Å². The van der Waals surface area contributed by atoms with Crippen LogP contribution in [0.4, 0.5) is 18.0 Å². The van der Waals surface area contributed by atoms with Crippen LogP contribution in [0.5, 0.6) is 0 Å². The largest absolute Gasteiger partial charge is 0.447 e. The zero-order chi connectivity index (χ0) is 19.2. The number of carbonyl (C=O) groups excluding carboxylic acids is 1. The monoisotopic (exact) mass is 374 g/mol. The number of carbonyl (C=O) groups is 1. The van der Waals surface area contributed by atoms with Crippen molar-refractivity contribution < 1.29 is 22.7 Å². The summed E-state index contributed by atoms with van der Waals surface area (Å²) in [6, 6.07) is 15.6. The molecular formula is C19H13F3N2O3. The summed E-state index contributed by atoms with van der Waals surface area (Å²) in [6.07, 6.45) is -5.94. The Labute approximate surface area is 151 Å². The summed E-state index contributed by atoms with van der Waals surface area (Å²) in [7, 11) is 0. The van der Waals surface area contributed by atoms with Gasteiger partial charge in [0.2, 0.25) is 0 Å². The van der Waals surface area contributed by atoms with E-state index in [9.17, 15) is 22.8 Å². The van der Waals surface area contributed by atoms with Gasteiger partial charge in [-0.2, -0.15) is 17.9 Å². The molecule has 0 saturated carbocycles. The van der Waals surface area contributed by atoms with Gasteiger partial charge in [-0.05, 0) is 22.3 Å². The van der Waals surface area contributed by atoms with Crippen molar-refractivity contribution in [2.75, 3.05) is 6.61 Å². The highest BCUT2D eigenvalue weighted by Crippen LogP contribution is 2.44. The predicted molar refractivity (Wildman–Crippen MR) is 90.5 cm³/mol. The third kappa shape index (κ3) is 2.92. The molecule has 0 unspecified atom stereocenters. The first-order valence-corrected chi connectivity index (χ1v) is 8.11. The molecular weight excluding hydrogens is 361 g/mol. The van der Waals surface area contributed by atoms with Gasteiger partial charge in [-0.15, -0.1) is 0 Å². The van der Waals surface area contributed by atoms with Gasteiger partial charge >= 0.3 is 12.3 Å². The first kappa shape index (κ1) is 17.1. The predicted octanol–water partition coefficient (Wildman–Crippen LogP) is 3.99. The van der Waals surface area contributed by atoms with Crippen LogP contribution in [-0.4, -0.2) is 22.5 Å². The van der Waals surface area contributed by atoms with Crippen LogP contribution < -0.4 is 5.56 Å². The van der Waals surface area contributed by atoms with Gasteiger partial charge in [0, 0.05) is 12.0 Å². The molecule has 4 rings (SSSR count). The van der Waals surface area contributed by atoms with Crippen LogP contribution in [0.3, 0.4) is 0 Å². The van der Waals surface area contributed by atoms with E-state index >= 15 is 0 Å². The number of rotatable bonds is 2. The maximum atomic E-state index is 12.7. The molecule has 138 valence electrons. The smallest absolute Gasteiger partial charge is 0.436 e. The lowest BCUT2D eigenvalue weighted by Crippen LogP contribution is -2.27. The van der Waals surface area contributed by atoms with E-state index in [0.29, 0.717) is 6.07 Å². The van der Waals surface area contributed by atoms with Gasteiger partial charge in [0.05, 0.1) is 0 Å². The second-order valence-corrected chi connectivity index (χ2v) is 6.15. The van der Waals surface area contributed by atoms with Crippen LogP contribution in [0, 0.1) is 0 Å². The maximum absolute atomic E-state index is 12.7. The lowest BCUT2D eigenvalue weighted by atomic mass is 9.98. The first-order valence-electron chi connectivity index (χ1n) is 8.11. The Morgan fingerprint density at radius 3 is 2.11 bits per heavy atom. The molecule has 3 aromatic rings. The summed E-state index contributed by atoms with van der Waals surface area (Å²) in [5.74, 6) is -0.255. The second kappa shape index (κ2) is 6.15. The van der Waals surface area contributed by atoms with Crippen molar-refractivity contribution in [3.8, 4) is 11.1 Å². The number of benzene rings is 2. The van der Waals surface area contributed by atoms with E-state index in [4.69, 9.17) is 4.74 Å². The number of alkyl halides is 3. The summed E-state index contributed by atoms with van der Waals surface area (Å²) < 4.78 is 43.4. The Balaban J connectivity index is 1.59. The van der Waals surface area contributed by atoms with Crippen LogP contribution in [-0.2, 0) is 10.9 Å². The van der Waals surface area contributed by atoms with Gasteiger partial charge in [-0.1, -0.05) is 48.5 Å². The Morgan fingerprint density at radius 1 is 1.04 bits per heavy atom. The molecule has 0 saturated heterocycles. The number of hydrogen-bond acceptors (Lipinski definition) is 3. The molecule has 27 heavy (non-hydrogen) atoms. The van der Waals surface area contributed by atoms with Gasteiger partial charge in [-0.25, -0.2) is 4.79 Å². The highest BCUT2D eigenvalue weighted by molar-refractivity contribution is 5.79. The highest BCUT2D eigenvalue weighted by atomic mass is 19.4. The van der Waals surface area contributed by atoms with Gasteiger partial charge in [-0.3, -0.25) is 9.89 Å². The molecule has 1 aliphatic carbocycles. The minimum atomic E-state index is -4.76. The van der Waals surface area contributed by atoms with Crippen molar-refractivity contribution >= 4 is 6.09 Å². The van der Waals surface area contributed by atoms with Crippen LogP contribution in [0.15, 0.2) is 59.4 Å². The first-order chi connectivity index (χ1) is 12.9. The summed E-state index contributed by atoms with van der Waals surface area (Å²) in [4.78, 5) is 23.8. The molecule has 1 heterocycles. The van der Waals surface area contributed by atoms with E-state index in [0.717, 1.165) is 22.3 Å². The molecule has 2 aromatic carbocycles. The quantitative estimate of drug-likeness (QED) is 0.738. The van der Waals surface area contributed by atoms with Crippen molar-refractivity contribution in [2.24, 2.45) is 0 Å². The van der Waals surface area contributed by atoms with Gasteiger partial charge in [0.15, 0.2) is 0 Å². The zero-order valence-corrected chi connectivity index (χ0v) is 13.8. The van der Waals surface area contributed by atoms with E-state index in [1.165, 1.54) is 0 Å². The fraction of sp³-hybridized carbons (Fsp3) is 0.158. The van der Waals surface area contributed by atoms with Gasteiger partial charge in [0.1, 0.15) is 12.3 Å².